The van der Waals surface area contributed by atoms with E-state index in [0.29, 0.717) is 31.1 Å². The fourth-order valence-corrected chi connectivity index (χ4v) is 3.58. The lowest BCUT2D eigenvalue weighted by molar-refractivity contribution is -0.0513. The van der Waals surface area contributed by atoms with Gasteiger partial charge in [-0.15, -0.1) is 0 Å². The van der Waals surface area contributed by atoms with Crippen molar-refractivity contribution in [1.29, 1.82) is 0 Å². The Morgan fingerprint density at radius 2 is 2.08 bits per heavy atom. The summed E-state index contributed by atoms with van der Waals surface area (Å²) in [5.74, 6) is 0.115. The minimum absolute atomic E-state index is 0.0642. The zero-order valence-corrected chi connectivity index (χ0v) is 14.2. The standard InChI is InChI=1S/C19H19NO5/c1-3-24-18(22)14-15(19(2)9-23-10-19)12-8-25-13-7-5-4-6-11(13)16(12)20-17(14)21/h4-7H,3,8-10H2,1-2H3,(H,20,21). The summed E-state index contributed by atoms with van der Waals surface area (Å²) in [5, 5.41) is 0. The third-order valence-corrected chi connectivity index (χ3v) is 4.77. The van der Waals surface area contributed by atoms with Gasteiger partial charge in [0.1, 0.15) is 17.9 Å². The molecule has 3 heterocycles. The monoisotopic (exact) mass is 341 g/mol. The molecule has 0 unspecified atom stereocenters. The van der Waals surface area contributed by atoms with Crippen molar-refractivity contribution in [2.75, 3.05) is 19.8 Å². The molecule has 0 atom stereocenters. The molecule has 6 nitrogen and oxygen atoms in total. The fourth-order valence-electron chi connectivity index (χ4n) is 3.58. The highest BCUT2D eigenvalue weighted by atomic mass is 16.5. The Morgan fingerprint density at radius 3 is 2.76 bits per heavy atom. The second-order valence-electron chi connectivity index (χ2n) is 6.62. The first-order valence-electron chi connectivity index (χ1n) is 8.32. The van der Waals surface area contributed by atoms with E-state index in [4.69, 9.17) is 14.2 Å². The van der Waals surface area contributed by atoms with Gasteiger partial charge in [0.05, 0.1) is 25.5 Å². The fraction of sp³-hybridized carbons (Fsp3) is 0.368. The lowest BCUT2D eigenvalue weighted by Crippen LogP contribution is -2.47. The molecule has 0 bridgehead atoms. The molecule has 0 aliphatic carbocycles. The number of aromatic amines is 1. The highest BCUT2D eigenvalue weighted by molar-refractivity contribution is 5.93. The minimum Gasteiger partial charge on any atom is -0.488 e. The molecule has 1 aromatic heterocycles. The third kappa shape index (κ3) is 2.36. The number of H-pyrrole nitrogens is 1. The first-order valence-corrected chi connectivity index (χ1v) is 8.32. The molecule has 0 radical (unpaired) electrons. The number of hydrogen-bond donors (Lipinski definition) is 1. The number of hydrogen-bond acceptors (Lipinski definition) is 5. The summed E-state index contributed by atoms with van der Waals surface area (Å²) < 4.78 is 16.4. The zero-order valence-electron chi connectivity index (χ0n) is 14.2. The maximum absolute atomic E-state index is 12.8. The van der Waals surface area contributed by atoms with Crippen LogP contribution in [0.25, 0.3) is 11.3 Å². The van der Waals surface area contributed by atoms with Crippen molar-refractivity contribution in [2.24, 2.45) is 0 Å². The first-order chi connectivity index (χ1) is 12.0. The smallest absolute Gasteiger partial charge is 0.344 e. The van der Waals surface area contributed by atoms with Crippen molar-refractivity contribution >= 4 is 5.97 Å². The highest BCUT2D eigenvalue weighted by Gasteiger charge is 2.43. The summed E-state index contributed by atoms with van der Waals surface area (Å²) >= 11 is 0. The molecule has 2 aliphatic heterocycles. The highest BCUT2D eigenvalue weighted by Crippen LogP contribution is 2.43. The van der Waals surface area contributed by atoms with E-state index in [9.17, 15) is 9.59 Å². The van der Waals surface area contributed by atoms with Crippen LogP contribution >= 0.6 is 0 Å². The molecule has 0 saturated carbocycles. The van der Waals surface area contributed by atoms with Gasteiger partial charge in [-0.3, -0.25) is 4.79 Å². The van der Waals surface area contributed by atoms with Crippen LogP contribution in [-0.2, 0) is 21.5 Å². The minimum atomic E-state index is -0.603. The molecule has 4 rings (SSSR count). The van der Waals surface area contributed by atoms with Crippen LogP contribution < -0.4 is 10.3 Å². The van der Waals surface area contributed by atoms with Crippen molar-refractivity contribution in [3.05, 3.63) is 51.3 Å². The first kappa shape index (κ1) is 15.9. The van der Waals surface area contributed by atoms with Crippen LogP contribution in [0.1, 0.15) is 35.3 Å². The SMILES string of the molecule is CCOC(=O)c1c(C2(C)COC2)c2c([nH]c1=O)-c1ccccc1OC2. The van der Waals surface area contributed by atoms with E-state index in [1.165, 1.54) is 0 Å². The average Bonchev–Trinajstić information content (AvgIpc) is 2.58. The molecule has 0 spiro atoms. The van der Waals surface area contributed by atoms with Crippen LogP contribution in [0.3, 0.4) is 0 Å². The molecule has 0 amide bonds. The lowest BCUT2D eigenvalue weighted by atomic mass is 9.75. The lowest BCUT2D eigenvalue weighted by Gasteiger charge is -2.41. The van der Waals surface area contributed by atoms with Gasteiger partial charge < -0.3 is 19.2 Å². The molecule has 2 aliphatic rings. The van der Waals surface area contributed by atoms with Crippen LogP contribution in [0.5, 0.6) is 5.75 Å². The number of nitrogens with one attached hydrogen (secondary N) is 1. The van der Waals surface area contributed by atoms with Gasteiger partial charge in [0.25, 0.3) is 5.56 Å². The van der Waals surface area contributed by atoms with Gasteiger partial charge in [0.15, 0.2) is 0 Å². The van der Waals surface area contributed by atoms with Gasteiger partial charge in [0, 0.05) is 16.5 Å². The number of aromatic nitrogens is 1. The van der Waals surface area contributed by atoms with Gasteiger partial charge in [-0.25, -0.2) is 4.79 Å². The zero-order chi connectivity index (χ0) is 17.6. The normalized spacial score (nSPS) is 16.9. The van der Waals surface area contributed by atoms with Crippen LogP contribution in [0, 0.1) is 0 Å². The molecule has 130 valence electrons. The van der Waals surface area contributed by atoms with Crippen molar-refractivity contribution in [1.82, 2.24) is 4.98 Å². The molecule has 1 saturated heterocycles. The number of para-hydroxylation sites is 1. The molecular weight excluding hydrogens is 322 g/mol. The predicted molar refractivity (Wildman–Crippen MR) is 91.0 cm³/mol. The van der Waals surface area contributed by atoms with Crippen LogP contribution in [0.15, 0.2) is 29.1 Å². The Hall–Kier alpha value is -2.60. The van der Waals surface area contributed by atoms with Crippen LogP contribution in [0.4, 0.5) is 0 Å². The topological polar surface area (TPSA) is 77.6 Å². The van der Waals surface area contributed by atoms with E-state index in [0.717, 1.165) is 16.9 Å². The van der Waals surface area contributed by atoms with E-state index < -0.39 is 16.9 Å². The van der Waals surface area contributed by atoms with Gasteiger partial charge in [-0.2, -0.15) is 0 Å². The van der Waals surface area contributed by atoms with Crippen molar-refractivity contribution in [3.63, 3.8) is 0 Å². The third-order valence-electron chi connectivity index (χ3n) is 4.77. The number of benzene rings is 1. The number of fused-ring (bicyclic) bond motifs is 3. The number of rotatable bonds is 3. The Balaban J connectivity index is 2.01. The van der Waals surface area contributed by atoms with Gasteiger partial charge in [-0.05, 0) is 24.6 Å². The summed E-state index contributed by atoms with van der Waals surface area (Å²) in [7, 11) is 0. The quantitative estimate of drug-likeness (QED) is 0.868. The van der Waals surface area contributed by atoms with E-state index >= 15 is 0 Å². The molecule has 6 heteroatoms. The number of pyridine rings is 1. The van der Waals surface area contributed by atoms with Crippen molar-refractivity contribution < 1.29 is 19.0 Å². The number of carbonyl (C=O) groups excluding carboxylic acids is 1. The molecule has 1 fully saturated rings. The maximum atomic E-state index is 12.8. The predicted octanol–water partition coefficient (Wildman–Crippen LogP) is 2.40. The summed E-state index contributed by atoms with van der Waals surface area (Å²) in [5.41, 5.74) is 2.27. The van der Waals surface area contributed by atoms with E-state index in [-0.39, 0.29) is 12.2 Å². The molecule has 1 aromatic carbocycles. The van der Waals surface area contributed by atoms with E-state index in [2.05, 4.69) is 4.98 Å². The number of esters is 1. The van der Waals surface area contributed by atoms with E-state index in [1.807, 2.05) is 31.2 Å². The Kier molecular flexibility index (Phi) is 3.65. The van der Waals surface area contributed by atoms with Crippen molar-refractivity contribution in [2.45, 2.75) is 25.9 Å². The van der Waals surface area contributed by atoms with E-state index in [1.54, 1.807) is 6.92 Å². The van der Waals surface area contributed by atoms with Crippen LogP contribution in [-0.4, -0.2) is 30.8 Å². The van der Waals surface area contributed by atoms with Crippen LogP contribution in [0.2, 0.25) is 0 Å². The largest absolute Gasteiger partial charge is 0.488 e. The summed E-state index contributed by atoms with van der Waals surface area (Å²) in [6.45, 7) is 5.13. The summed E-state index contributed by atoms with van der Waals surface area (Å²) in [6, 6.07) is 7.54. The molecular formula is C19H19NO5. The Labute approximate surface area is 144 Å². The van der Waals surface area contributed by atoms with Gasteiger partial charge in [-0.1, -0.05) is 19.1 Å². The second-order valence-corrected chi connectivity index (χ2v) is 6.62. The maximum Gasteiger partial charge on any atom is 0.344 e. The average molecular weight is 341 g/mol. The van der Waals surface area contributed by atoms with Gasteiger partial charge in [0.2, 0.25) is 0 Å². The Bertz CT molecular complexity index is 911. The number of ether oxygens (including phenoxy) is 3. The molecule has 1 N–H and O–H groups in total. The second kappa shape index (κ2) is 5.74. The molecule has 25 heavy (non-hydrogen) atoms. The van der Waals surface area contributed by atoms with Crippen molar-refractivity contribution in [3.8, 4) is 17.0 Å². The summed E-state index contributed by atoms with van der Waals surface area (Å²) in [4.78, 5) is 28.1. The molecule has 2 aromatic rings. The number of carbonyl (C=O) groups is 1. The van der Waals surface area contributed by atoms with Gasteiger partial charge >= 0.3 is 5.97 Å². The summed E-state index contributed by atoms with van der Waals surface area (Å²) in [6.07, 6.45) is 0. The Morgan fingerprint density at radius 1 is 1.32 bits per heavy atom.